The fraction of sp³-hybridized carbons (Fsp3) is 1.00. The van der Waals surface area contributed by atoms with Crippen LogP contribution in [0, 0.1) is 11.3 Å². The average molecular weight is 270 g/mol. The van der Waals surface area contributed by atoms with Gasteiger partial charge in [0.1, 0.15) is 0 Å². The molecule has 3 heteroatoms. The first-order valence-electron chi connectivity index (χ1n) is 8.01. The highest BCUT2D eigenvalue weighted by molar-refractivity contribution is 4.85. The lowest BCUT2D eigenvalue weighted by molar-refractivity contribution is 0.106. The molecule has 0 aromatic rings. The Morgan fingerprint density at radius 3 is 2.47 bits per heavy atom. The SMILES string of the molecule is CCC(CC)(CNCC(C)C)CN(C)C1CCOC1. The van der Waals surface area contributed by atoms with Crippen LogP contribution >= 0.6 is 0 Å². The van der Waals surface area contributed by atoms with Crippen molar-refractivity contribution in [3.8, 4) is 0 Å². The monoisotopic (exact) mass is 270 g/mol. The van der Waals surface area contributed by atoms with Crippen LogP contribution in [0.4, 0.5) is 0 Å². The first-order valence-corrected chi connectivity index (χ1v) is 8.01. The van der Waals surface area contributed by atoms with Gasteiger partial charge in [-0.05, 0) is 44.2 Å². The lowest BCUT2D eigenvalue weighted by Crippen LogP contribution is -2.46. The molecule has 0 aliphatic carbocycles. The number of hydrogen-bond donors (Lipinski definition) is 1. The molecule has 0 saturated carbocycles. The maximum atomic E-state index is 5.52. The fourth-order valence-corrected chi connectivity index (χ4v) is 2.93. The van der Waals surface area contributed by atoms with Gasteiger partial charge in [-0.2, -0.15) is 0 Å². The highest BCUT2D eigenvalue weighted by Gasteiger charge is 2.31. The summed E-state index contributed by atoms with van der Waals surface area (Å²) in [5, 5.41) is 3.67. The predicted molar refractivity (Wildman–Crippen MR) is 82.6 cm³/mol. The molecule has 1 N–H and O–H groups in total. The van der Waals surface area contributed by atoms with Crippen LogP contribution in [-0.4, -0.2) is 50.8 Å². The molecule has 0 spiro atoms. The third kappa shape index (κ3) is 5.41. The van der Waals surface area contributed by atoms with Gasteiger partial charge in [-0.25, -0.2) is 0 Å². The van der Waals surface area contributed by atoms with E-state index < -0.39 is 0 Å². The standard InChI is InChI=1S/C16H34N2O/c1-6-16(7-2,12-17-10-14(3)4)13-18(5)15-8-9-19-11-15/h14-15,17H,6-13H2,1-5H3. The number of likely N-dealkylation sites (N-methyl/N-ethyl adjacent to an activating group) is 1. The van der Waals surface area contributed by atoms with Crippen molar-refractivity contribution in [2.45, 2.75) is 53.0 Å². The topological polar surface area (TPSA) is 24.5 Å². The van der Waals surface area contributed by atoms with Crippen LogP contribution in [-0.2, 0) is 4.74 Å². The maximum Gasteiger partial charge on any atom is 0.0622 e. The minimum atomic E-state index is 0.409. The van der Waals surface area contributed by atoms with E-state index in [1.807, 2.05) is 0 Å². The zero-order chi connectivity index (χ0) is 14.3. The van der Waals surface area contributed by atoms with Crippen molar-refractivity contribution in [1.82, 2.24) is 10.2 Å². The quantitative estimate of drug-likeness (QED) is 0.697. The van der Waals surface area contributed by atoms with Gasteiger partial charge in [-0.1, -0.05) is 27.7 Å². The Labute approximate surface area is 120 Å². The van der Waals surface area contributed by atoms with Gasteiger partial charge in [0.05, 0.1) is 6.61 Å². The number of nitrogens with zero attached hydrogens (tertiary/aromatic N) is 1. The Bertz CT molecular complexity index is 233. The summed E-state index contributed by atoms with van der Waals surface area (Å²) in [7, 11) is 2.27. The second kappa shape index (κ2) is 8.23. The molecule has 114 valence electrons. The van der Waals surface area contributed by atoms with Crippen molar-refractivity contribution in [3.05, 3.63) is 0 Å². The Hall–Kier alpha value is -0.120. The van der Waals surface area contributed by atoms with E-state index in [0.717, 1.165) is 32.2 Å². The van der Waals surface area contributed by atoms with Crippen molar-refractivity contribution in [1.29, 1.82) is 0 Å². The molecule has 0 aromatic heterocycles. The van der Waals surface area contributed by atoms with Gasteiger partial charge >= 0.3 is 0 Å². The molecule has 0 bridgehead atoms. The molecule has 1 rings (SSSR count). The summed E-state index contributed by atoms with van der Waals surface area (Å²) in [6, 6.07) is 0.627. The summed E-state index contributed by atoms with van der Waals surface area (Å²) < 4.78 is 5.52. The molecule has 1 fully saturated rings. The van der Waals surface area contributed by atoms with E-state index in [1.165, 1.54) is 25.8 Å². The van der Waals surface area contributed by atoms with Crippen molar-refractivity contribution >= 4 is 0 Å². The van der Waals surface area contributed by atoms with E-state index in [-0.39, 0.29) is 0 Å². The van der Waals surface area contributed by atoms with Crippen molar-refractivity contribution in [2.24, 2.45) is 11.3 Å². The molecule has 19 heavy (non-hydrogen) atoms. The summed E-state index contributed by atoms with van der Waals surface area (Å²) in [4.78, 5) is 2.52. The molecule has 0 radical (unpaired) electrons. The Morgan fingerprint density at radius 1 is 1.32 bits per heavy atom. The first-order chi connectivity index (χ1) is 9.03. The molecular weight excluding hydrogens is 236 g/mol. The van der Waals surface area contributed by atoms with Gasteiger partial charge in [0.2, 0.25) is 0 Å². The second-order valence-corrected chi connectivity index (χ2v) is 6.66. The number of ether oxygens (including phenoxy) is 1. The molecule has 3 nitrogen and oxygen atoms in total. The molecule has 1 aliphatic heterocycles. The summed E-state index contributed by atoms with van der Waals surface area (Å²) in [6.07, 6.45) is 3.68. The number of hydrogen-bond acceptors (Lipinski definition) is 3. The largest absolute Gasteiger partial charge is 0.380 e. The highest BCUT2D eigenvalue weighted by atomic mass is 16.5. The minimum absolute atomic E-state index is 0.409. The highest BCUT2D eigenvalue weighted by Crippen LogP contribution is 2.28. The van der Waals surface area contributed by atoms with Gasteiger partial charge in [0.15, 0.2) is 0 Å². The zero-order valence-corrected chi connectivity index (χ0v) is 13.7. The third-order valence-electron chi connectivity index (χ3n) is 4.67. The fourth-order valence-electron chi connectivity index (χ4n) is 2.93. The molecule has 1 atom stereocenters. The van der Waals surface area contributed by atoms with Gasteiger partial charge in [-0.15, -0.1) is 0 Å². The lowest BCUT2D eigenvalue weighted by Gasteiger charge is -2.38. The predicted octanol–water partition coefficient (Wildman–Crippen LogP) is 2.76. The maximum absolute atomic E-state index is 5.52. The van der Waals surface area contributed by atoms with Gasteiger partial charge in [0, 0.05) is 25.7 Å². The molecule has 0 aromatic carbocycles. The third-order valence-corrected chi connectivity index (χ3v) is 4.67. The van der Waals surface area contributed by atoms with Gasteiger partial charge in [0.25, 0.3) is 0 Å². The number of nitrogens with one attached hydrogen (secondary N) is 1. The minimum Gasteiger partial charge on any atom is -0.380 e. The number of rotatable bonds is 9. The van der Waals surface area contributed by atoms with E-state index in [9.17, 15) is 0 Å². The summed E-state index contributed by atoms with van der Waals surface area (Å²) in [6.45, 7) is 14.5. The van der Waals surface area contributed by atoms with E-state index >= 15 is 0 Å². The van der Waals surface area contributed by atoms with Crippen LogP contribution < -0.4 is 5.32 Å². The summed E-state index contributed by atoms with van der Waals surface area (Å²) in [5.74, 6) is 0.729. The Balaban J connectivity index is 2.48. The molecule has 1 saturated heterocycles. The smallest absolute Gasteiger partial charge is 0.0622 e. The van der Waals surface area contributed by atoms with E-state index in [4.69, 9.17) is 4.74 Å². The van der Waals surface area contributed by atoms with E-state index in [0.29, 0.717) is 11.5 Å². The van der Waals surface area contributed by atoms with E-state index in [2.05, 4.69) is 45.0 Å². The van der Waals surface area contributed by atoms with Crippen LogP contribution in [0.25, 0.3) is 0 Å². The van der Waals surface area contributed by atoms with Crippen LogP contribution in [0.1, 0.15) is 47.0 Å². The molecule has 0 amide bonds. The average Bonchev–Trinajstić information content (AvgIpc) is 2.91. The second-order valence-electron chi connectivity index (χ2n) is 6.66. The molecule has 1 heterocycles. The van der Waals surface area contributed by atoms with Crippen molar-refractivity contribution < 1.29 is 4.74 Å². The Morgan fingerprint density at radius 2 is 2.00 bits per heavy atom. The van der Waals surface area contributed by atoms with Crippen LogP contribution in [0.5, 0.6) is 0 Å². The zero-order valence-electron chi connectivity index (χ0n) is 13.7. The first kappa shape index (κ1) is 16.9. The molecule has 1 aliphatic rings. The van der Waals surface area contributed by atoms with Crippen molar-refractivity contribution in [3.63, 3.8) is 0 Å². The van der Waals surface area contributed by atoms with Gasteiger partial charge < -0.3 is 15.0 Å². The molecular formula is C16H34N2O. The van der Waals surface area contributed by atoms with Crippen molar-refractivity contribution in [2.75, 3.05) is 39.9 Å². The molecule has 1 unspecified atom stereocenters. The van der Waals surface area contributed by atoms with E-state index in [1.54, 1.807) is 0 Å². The van der Waals surface area contributed by atoms with Crippen LogP contribution in [0.3, 0.4) is 0 Å². The van der Waals surface area contributed by atoms with Crippen LogP contribution in [0.2, 0.25) is 0 Å². The van der Waals surface area contributed by atoms with Crippen LogP contribution in [0.15, 0.2) is 0 Å². The summed E-state index contributed by atoms with van der Waals surface area (Å²) >= 11 is 0. The normalized spacial score (nSPS) is 20.7. The Kier molecular flexibility index (Phi) is 7.33. The summed E-state index contributed by atoms with van der Waals surface area (Å²) in [5.41, 5.74) is 0.409. The lowest BCUT2D eigenvalue weighted by atomic mass is 9.81. The van der Waals surface area contributed by atoms with Gasteiger partial charge in [-0.3, -0.25) is 0 Å².